The van der Waals surface area contributed by atoms with Gasteiger partial charge in [-0.25, -0.2) is 0 Å². The van der Waals surface area contributed by atoms with E-state index in [0.29, 0.717) is 0 Å². The molecule has 20 heavy (non-hydrogen) atoms. The SMILES string of the molecule is COc1cc(OC)cc(C(N)c2cc(Br)cc(Br)c2)c1. The summed E-state index contributed by atoms with van der Waals surface area (Å²) >= 11 is 6.95. The molecule has 0 aliphatic heterocycles. The maximum Gasteiger partial charge on any atom is 0.122 e. The molecule has 0 aromatic heterocycles. The lowest BCUT2D eigenvalue weighted by Crippen LogP contribution is -2.12. The monoisotopic (exact) mass is 399 g/mol. The van der Waals surface area contributed by atoms with Crippen LogP contribution in [0.3, 0.4) is 0 Å². The van der Waals surface area contributed by atoms with Gasteiger partial charge in [0.25, 0.3) is 0 Å². The van der Waals surface area contributed by atoms with E-state index >= 15 is 0 Å². The van der Waals surface area contributed by atoms with E-state index in [9.17, 15) is 0 Å². The second kappa shape index (κ2) is 6.61. The molecule has 0 bridgehead atoms. The van der Waals surface area contributed by atoms with Crippen molar-refractivity contribution in [2.45, 2.75) is 6.04 Å². The highest BCUT2D eigenvalue weighted by Gasteiger charge is 2.13. The Kier molecular flexibility index (Phi) is 5.07. The molecule has 0 aliphatic carbocycles. The average Bonchev–Trinajstić information content (AvgIpc) is 2.44. The molecule has 2 aromatic rings. The van der Waals surface area contributed by atoms with Crippen LogP contribution in [0.1, 0.15) is 17.2 Å². The first kappa shape index (κ1) is 15.4. The van der Waals surface area contributed by atoms with Gasteiger partial charge in [-0.15, -0.1) is 0 Å². The van der Waals surface area contributed by atoms with Gasteiger partial charge in [0.05, 0.1) is 20.3 Å². The lowest BCUT2D eigenvalue weighted by atomic mass is 9.99. The summed E-state index contributed by atoms with van der Waals surface area (Å²) < 4.78 is 12.5. The first-order valence-electron chi connectivity index (χ1n) is 5.98. The molecule has 5 heteroatoms. The van der Waals surface area contributed by atoms with Gasteiger partial charge in [-0.1, -0.05) is 31.9 Å². The van der Waals surface area contributed by atoms with Gasteiger partial charge in [-0.3, -0.25) is 0 Å². The van der Waals surface area contributed by atoms with Gasteiger partial charge in [0, 0.05) is 15.0 Å². The fourth-order valence-electron chi connectivity index (χ4n) is 1.96. The highest BCUT2D eigenvalue weighted by atomic mass is 79.9. The summed E-state index contributed by atoms with van der Waals surface area (Å²) in [6, 6.07) is 11.4. The van der Waals surface area contributed by atoms with Crippen molar-refractivity contribution in [3.05, 3.63) is 56.5 Å². The zero-order valence-electron chi connectivity index (χ0n) is 11.2. The van der Waals surface area contributed by atoms with E-state index in [1.807, 2.05) is 36.4 Å². The lowest BCUT2D eigenvalue weighted by molar-refractivity contribution is 0.393. The van der Waals surface area contributed by atoms with E-state index in [2.05, 4.69) is 31.9 Å². The van der Waals surface area contributed by atoms with Gasteiger partial charge in [0.15, 0.2) is 0 Å². The maximum absolute atomic E-state index is 6.35. The summed E-state index contributed by atoms with van der Waals surface area (Å²) in [5, 5.41) is 0. The summed E-state index contributed by atoms with van der Waals surface area (Å²) in [5.74, 6) is 1.45. The smallest absolute Gasteiger partial charge is 0.122 e. The highest BCUT2D eigenvalue weighted by molar-refractivity contribution is 9.11. The Morgan fingerprint density at radius 2 is 1.25 bits per heavy atom. The van der Waals surface area contributed by atoms with Crippen LogP contribution >= 0.6 is 31.9 Å². The van der Waals surface area contributed by atoms with Crippen LogP contribution in [0, 0.1) is 0 Å². The first-order chi connectivity index (χ1) is 9.53. The van der Waals surface area contributed by atoms with Gasteiger partial charge in [0.1, 0.15) is 11.5 Å². The Balaban J connectivity index is 2.43. The van der Waals surface area contributed by atoms with Crippen molar-refractivity contribution >= 4 is 31.9 Å². The van der Waals surface area contributed by atoms with Crippen LogP contribution in [0.15, 0.2) is 45.3 Å². The minimum atomic E-state index is -0.257. The summed E-state index contributed by atoms with van der Waals surface area (Å²) in [6.45, 7) is 0. The van der Waals surface area contributed by atoms with Gasteiger partial charge in [-0.05, 0) is 41.5 Å². The fraction of sp³-hybridized carbons (Fsp3) is 0.200. The molecule has 0 aliphatic rings. The number of hydrogen-bond donors (Lipinski definition) is 1. The van der Waals surface area contributed by atoms with E-state index in [1.165, 1.54) is 0 Å². The molecule has 2 aromatic carbocycles. The van der Waals surface area contributed by atoms with Crippen LogP contribution in [0.4, 0.5) is 0 Å². The zero-order chi connectivity index (χ0) is 14.7. The van der Waals surface area contributed by atoms with Crippen LogP contribution in [0.2, 0.25) is 0 Å². The third-order valence-corrected chi connectivity index (χ3v) is 3.89. The Hall–Kier alpha value is -1.04. The number of methoxy groups -OCH3 is 2. The predicted molar refractivity (Wildman–Crippen MR) is 87.4 cm³/mol. The number of nitrogens with two attached hydrogens (primary N) is 1. The Labute approximate surface area is 135 Å². The van der Waals surface area contributed by atoms with Crippen molar-refractivity contribution in [1.82, 2.24) is 0 Å². The molecule has 0 saturated carbocycles. The number of ether oxygens (including phenoxy) is 2. The molecule has 0 radical (unpaired) electrons. The third kappa shape index (κ3) is 3.53. The van der Waals surface area contributed by atoms with Crippen LogP contribution in [-0.2, 0) is 0 Å². The highest BCUT2D eigenvalue weighted by Crippen LogP contribution is 2.31. The zero-order valence-corrected chi connectivity index (χ0v) is 14.4. The van der Waals surface area contributed by atoms with Crippen molar-refractivity contribution in [3.63, 3.8) is 0 Å². The van der Waals surface area contributed by atoms with E-state index in [1.54, 1.807) is 14.2 Å². The van der Waals surface area contributed by atoms with Crippen LogP contribution in [0.5, 0.6) is 11.5 Å². The topological polar surface area (TPSA) is 44.5 Å². The van der Waals surface area contributed by atoms with E-state index < -0.39 is 0 Å². The third-order valence-electron chi connectivity index (χ3n) is 2.98. The second-order valence-corrected chi connectivity index (χ2v) is 6.16. The molecule has 0 spiro atoms. The summed E-state index contributed by atoms with van der Waals surface area (Å²) in [6.07, 6.45) is 0. The predicted octanol–water partition coefficient (Wildman–Crippen LogP) is 4.28. The molecule has 1 unspecified atom stereocenters. The van der Waals surface area contributed by atoms with Crippen molar-refractivity contribution in [1.29, 1.82) is 0 Å². The number of rotatable bonds is 4. The normalized spacial score (nSPS) is 12.1. The van der Waals surface area contributed by atoms with Crippen molar-refractivity contribution in [2.75, 3.05) is 14.2 Å². The Morgan fingerprint density at radius 1 is 0.800 bits per heavy atom. The summed E-state index contributed by atoms with van der Waals surface area (Å²) in [4.78, 5) is 0. The summed E-state index contributed by atoms with van der Waals surface area (Å²) in [5.41, 5.74) is 8.29. The lowest BCUT2D eigenvalue weighted by Gasteiger charge is -2.16. The van der Waals surface area contributed by atoms with Crippen LogP contribution in [-0.4, -0.2) is 14.2 Å². The largest absolute Gasteiger partial charge is 0.497 e. The van der Waals surface area contributed by atoms with E-state index in [4.69, 9.17) is 15.2 Å². The minimum Gasteiger partial charge on any atom is -0.497 e. The summed E-state index contributed by atoms with van der Waals surface area (Å²) in [7, 11) is 3.25. The molecule has 106 valence electrons. The molecule has 0 amide bonds. The number of hydrogen-bond acceptors (Lipinski definition) is 3. The van der Waals surface area contributed by atoms with Crippen LogP contribution < -0.4 is 15.2 Å². The Bertz CT molecular complexity index is 574. The van der Waals surface area contributed by atoms with Gasteiger partial charge in [-0.2, -0.15) is 0 Å². The average molecular weight is 401 g/mol. The van der Waals surface area contributed by atoms with E-state index in [0.717, 1.165) is 31.6 Å². The molecule has 1 atom stereocenters. The Morgan fingerprint density at radius 3 is 1.70 bits per heavy atom. The first-order valence-corrected chi connectivity index (χ1v) is 7.56. The van der Waals surface area contributed by atoms with Crippen molar-refractivity contribution in [3.8, 4) is 11.5 Å². The molecular weight excluding hydrogens is 386 g/mol. The molecule has 3 nitrogen and oxygen atoms in total. The quantitative estimate of drug-likeness (QED) is 0.832. The second-order valence-electron chi connectivity index (χ2n) is 4.33. The molecule has 0 saturated heterocycles. The molecule has 0 heterocycles. The maximum atomic E-state index is 6.35. The molecule has 0 fully saturated rings. The van der Waals surface area contributed by atoms with Gasteiger partial charge in [0.2, 0.25) is 0 Å². The minimum absolute atomic E-state index is 0.257. The van der Waals surface area contributed by atoms with Crippen molar-refractivity contribution < 1.29 is 9.47 Å². The number of benzene rings is 2. The van der Waals surface area contributed by atoms with Crippen molar-refractivity contribution in [2.24, 2.45) is 5.73 Å². The molecule has 2 rings (SSSR count). The molecular formula is C15H15Br2NO2. The van der Waals surface area contributed by atoms with Crippen LogP contribution in [0.25, 0.3) is 0 Å². The number of halogens is 2. The van der Waals surface area contributed by atoms with Gasteiger partial charge < -0.3 is 15.2 Å². The molecule has 2 N–H and O–H groups in total. The van der Waals surface area contributed by atoms with E-state index in [-0.39, 0.29) is 6.04 Å². The fourth-order valence-corrected chi connectivity index (χ4v) is 3.29. The standard InChI is InChI=1S/C15H15Br2NO2/c1-19-13-5-10(6-14(8-13)20-2)15(18)9-3-11(16)7-12(17)4-9/h3-8,15H,18H2,1-2H3. The van der Waals surface area contributed by atoms with Gasteiger partial charge >= 0.3 is 0 Å².